The molecule has 0 heterocycles. The van der Waals surface area contributed by atoms with Crippen LogP contribution in [-0.4, -0.2) is 33.6 Å². The number of benzene rings is 2. The van der Waals surface area contributed by atoms with E-state index in [9.17, 15) is 20.4 Å². The second-order valence-electron chi connectivity index (χ2n) is 11.0. The van der Waals surface area contributed by atoms with Gasteiger partial charge in [0.15, 0.2) is 0 Å². The van der Waals surface area contributed by atoms with Gasteiger partial charge in [0.1, 0.15) is 11.5 Å². The Morgan fingerprint density at radius 1 is 0.676 bits per heavy atom. The molecular formula is C30H46O4. The van der Waals surface area contributed by atoms with Crippen molar-refractivity contribution in [2.45, 2.75) is 104 Å². The molecule has 2 aromatic carbocycles. The first-order valence-electron chi connectivity index (χ1n) is 12.9. The van der Waals surface area contributed by atoms with Crippen LogP contribution in [0.5, 0.6) is 11.5 Å². The largest absolute Gasteiger partial charge is 0.507 e. The highest BCUT2D eigenvalue weighted by molar-refractivity contribution is 5.53. The van der Waals surface area contributed by atoms with Crippen LogP contribution >= 0.6 is 0 Å². The summed E-state index contributed by atoms with van der Waals surface area (Å²) in [7, 11) is 0. The highest BCUT2D eigenvalue weighted by Crippen LogP contribution is 2.42. The van der Waals surface area contributed by atoms with Gasteiger partial charge in [-0.3, -0.25) is 0 Å². The van der Waals surface area contributed by atoms with E-state index >= 15 is 0 Å². The SMILES string of the molecule is CCCC(C)(C)c1cc(CCCO)cc(Cc2cc(CCCO)cc(C(C)(C)CC)c2O)c1O. The molecule has 4 heteroatoms. The molecule has 0 saturated carbocycles. The molecule has 0 aromatic heterocycles. The number of rotatable bonds is 13. The molecule has 0 unspecified atom stereocenters. The Morgan fingerprint density at radius 2 is 1.12 bits per heavy atom. The number of phenols is 2. The van der Waals surface area contributed by atoms with E-state index in [1.54, 1.807) is 0 Å². The summed E-state index contributed by atoms with van der Waals surface area (Å²) in [6.45, 7) is 13.2. The van der Waals surface area contributed by atoms with Crippen LogP contribution < -0.4 is 0 Å². The van der Waals surface area contributed by atoms with Gasteiger partial charge >= 0.3 is 0 Å². The van der Waals surface area contributed by atoms with Crippen LogP contribution in [0.15, 0.2) is 24.3 Å². The van der Waals surface area contributed by atoms with Crippen molar-refractivity contribution in [1.29, 1.82) is 0 Å². The first kappa shape index (κ1) is 28.2. The number of aliphatic hydroxyl groups is 2. The smallest absolute Gasteiger partial charge is 0.122 e. The highest BCUT2D eigenvalue weighted by atomic mass is 16.3. The van der Waals surface area contributed by atoms with Crippen molar-refractivity contribution in [2.75, 3.05) is 13.2 Å². The van der Waals surface area contributed by atoms with Crippen molar-refractivity contribution in [3.8, 4) is 11.5 Å². The van der Waals surface area contributed by atoms with Crippen LogP contribution in [-0.2, 0) is 30.1 Å². The van der Waals surface area contributed by atoms with Crippen molar-refractivity contribution in [1.82, 2.24) is 0 Å². The van der Waals surface area contributed by atoms with Crippen molar-refractivity contribution in [3.63, 3.8) is 0 Å². The first-order valence-corrected chi connectivity index (χ1v) is 12.9. The quantitative estimate of drug-likeness (QED) is 0.277. The maximum atomic E-state index is 11.4. The minimum Gasteiger partial charge on any atom is -0.507 e. The summed E-state index contributed by atoms with van der Waals surface area (Å²) in [6.07, 6.45) is 6.14. The number of phenolic OH excluding ortho intramolecular Hbond substituents is 2. The van der Waals surface area contributed by atoms with Crippen molar-refractivity contribution >= 4 is 0 Å². The lowest BCUT2D eigenvalue weighted by Crippen LogP contribution is -2.18. The second kappa shape index (κ2) is 12.1. The van der Waals surface area contributed by atoms with Gasteiger partial charge in [0.05, 0.1) is 0 Å². The molecule has 2 aromatic rings. The average molecular weight is 471 g/mol. The maximum Gasteiger partial charge on any atom is 0.122 e. The summed E-state index contributed by atoms with van der Waals surface area (Å²) in [5, 5.41) is 41.4. The minimum atomic E-state index is -0.187. The van der Waals surface area contributed by atoms with E-state index in [0.29, 0.717) is 30.8 Å². The molecule has 0 saturated heterocycles. The lowest BCUT2D eigenvalue weighted by atomic mass is 9.77. The van der Waals surface area contributed by atoms with Crippen molar-refractivity contribution in [2.24, 2.45) is 0 Å². The van der Waals surface area contributed by atoms with Gasteiger partial charge in [0.25, 0.3) is 0 Å². The molecule has 2 rings (SSSR count). The molecule has 0 spiro atoms. The number of hydrogen-bond acceptors (Lipinski definition) is 4. The summed E-state index contributed by atoms with van der Waals surface area (Å²) in [5.41, 5.74) is 5.31. The zero-order valence-corrected chi connectivity index (χ0v) is 22.2. The van der Waals surface area contributed by atoms with E-state index in [2.05, 4.69) is 53.7 Å². The molecular weight excluding hydrogens is 424 g/mol. The monoisotopic (exact) mass is 470 g/mol. The summed E-state index contributed by atoms with van der Waals surface area (Å²) >= 11 is 0. The Hall–Kier alpha value is -2.04. The first-order chi connectivity index (χ1) is 16.0. The molecule has 0 bridgehead atoms. The Balaban J connectivity index is 2.65. The molecule has 190 valence electrons. The van der Waals surface area contributed by atoms with Crippen LogP contribution in [0.3, 0.4) is 0 Å². The topological polar surface area (TPSA) is 80.9 Å². The fraction of sp³-hybridized carbons (Fsp3) is 0.600. The van der Waals surface area contributed by atoms with Crippen LogP contribution in [0.1, 0.15) is 107 Å². The summed E-state index contributed by atoms with van der Waals surface area (Å²) in [5.74, 6) is 0.608. The van der Waals surface area contributed by atoms with E-state index in [4.69, 9.17) is 0 Å². The zero-order valence-electron chi connectivity index (χ0n) is 22.2. The normalized spacial score (nSPS) is 12.4. The van der Waals surface area contributed by atoms with Gasteiger partial charge in [-0.05, 0) is 71.6 Å². The van der Waals surface area contributed by atoms with Gasteiger partial charge in [-0.25, -0.2) is 0 Å². The molecule has 0 fully saturated rings. The third-order valence-corrected chi connectivity index (χ3v) is 7.34. The Labute approximate surface area is 206 Å². The van der Waals surface area contributed by atoms with Crippen molar-refractivity contribution < 1.29 is 20.4 Å². The number of hydrogen-bond donors (Lipinski definition) is 4. The molecule has 34 heavy (non-hydrogen) atoms. The van der Waals surface area contributed by atoms with E-state index in [0.717, 1.165) is 65.5 Å². The van der Waals surface area contributed by atoms with Crippen molar-refractivity contribution in [3.05, 3.63) is 57.6 Å². The van der Waals surface area contributed by atoms with Gasteiger partial charge in [0.2, 0.25) is 0 Å². The standard InChI is InChI=1S/C30H46O4/c1-7-13-30(5,6)26-19-22(12-10-15-32)17-24(28(26)34)20-23-16-21(11-9-14-31)18-25(27(23)33)29(3,4)8-2/h16-19,31-34H,7-15,20H2,1-6H3. The summed E-state index contributed by atoms with van der Waals surface area (Å²) < 4.78 is 0. The van der Waals surface area contributed by atoms with Crippen LogP contribution in [0.25, 0.3) is 0 Å². The third-order valence-electron chi connectivity index (χ3n) is 7.34. The van der Waals surface area contributed by atoms with Gasteiger partial charge in [-0.15, -0.1) is 0 Å². The fourth-order valence-electron chi connectivity index (χ4n) is 4.83. The van der Waals surface area contributed by atoms with Crippen LogP contribution in [0.4, 0.5) is 0 Å². The van der Waals surface area contributed by atoms with E-state index in [-0.39, 0.29) is 24.0 Å². The maximum absolute atomic E-state index is 11.4. The molecule has 0 aliphatic heterocycles. The highest BCUT2D eigenvalue weighted by Gasteiger charge is 2.27. The Bertz CT molecular complexity index is 943. The van der Waals surface area contributed by atoms with Crippen LogP contribution in [0, 0.1) is 0 Å². The fourth-order valence-corrected chi connectivity index (χ4v) is 4.83. The predicted molar refractivity (Wildman–Crippen MR) is 141 cm³/mol. The van der Waals surface area contributed by atoms with Crippen LogP contribution in [0.2, 0.25) is 0 Å². The van der Waals surface area contributed by atoms with Gasteiger partial charge < -0.3 is 20.4 Å². The average Bonchev–Trinajstić information content (AvgIpc) is 2.79. The Morgan fingerprint density at radius 3 is 1.50 bits per heavy atom. The minimum absolute atomic E-state index is 0.131. The number of aryl methyl sites for hydroxylation is 2. The summed E-state index contributed by atoms with van der Waals surface area (Å²) in [4.78, 5) is 0. The van der Waals surface area contributed by atoms with Gasteiger partial charge in [-0.2, -0.15) is 0 Å². The molecule has 4 N–H and O–H groups in total. The third kappa shape index (κ3) is 6.76. The number of aliphatic hydroxyl groups excluding tert-OH is 2. The van der Waals surface area contributed by atoms with E-state index in [1.165, 1.54) is 0 Å². The number of aromatic hydroxyl groups is 2. The Kier molecular flexibility index (Phi) is 10.0. The molecule has 0 radical (unpaired) electrons. The van der Waals surface area contributed by atoms with Gasteiger partial charge in [0, 0.05) is 30.8 Å². The second-order valence-corrected chi connectivity index (χ2v) is 11.0. The lowest BCUT2D eigenvalue weighted by Gasteiger charge is -2.29. The van der Waals surface area contributed by atoms with E-state index < -0.39 is 0 Å². The predicted octanol–water partition coefficient (Wildman–Crippen LogP) is 6.30. The van der Waals surface area contributed by atoms with E-state index in [1.807, 2.05) is 12.1 Å². The molecule has 0 aliphatic carbocycles. The summed E-state index contributed by atoms with van der Waals surface area (Å²) in [6, 6.07) is 8.22. The van der Waals surface area contributed by atoms with Gasteiger partial charge in [-0.1, -0.05) is 72.2 Å². The molecule has 0 aliphatic rings. The zero-order chi connectivity index (χ0) is 25.5. The molecule has 4 nitrogen and oxygen atoms in total. The lowest BCUT2D eigenvalue weighted by molar-refractivity contribution is 0.288. The molecule has 0 amide bonds. The molecule has 0 atom stereocenters.